The monoisotopic (exact) mass is 470 g/mol. The van der Waals surface area contributed by atoms with Gasteiger partial charge in [0.2, 0.25) is 15.9 Å². The molecule has 1 aliphatic rings. The lowest BCUT2D eigenvalue weighted by molar-refractivity contribution is -0.120. The van der Waals surface area contributed by atoms with Gasteiger partial charge >= 0.3 is 0 Å². The Hall–Kier alpha value is -2.18. The maximum absolute atomic E-state index is 13.2. The van der Waals surface area contributed by atoms with Gasteiger partial charge in [0.05, 0.1) is 4.90 Å². The molecule has 1 aliphatic heterocycles. The van der Waals surface area contributed by atoms with Crippen LogP contribution in [0.4, 0.5) is 5.69 Å². The van der Waals surface area contributed by atoms with E-state index in [-0.39, 0.29) is 11.8 Å². The topological polar surface area (TPSA) is 66.5 Å². The number of piperidine rings is 1. The molecule has 180 valence electrons. The summed E-state index contributed by atoms with van der Waals surface area (Å²) in [7, 11) is -3.55. The first-order valence-electron chi connectivity index (χ1n) is 12.1. The molecule has 0 saturated carbocycles. The first kappa shape index (κ1) is 25.4. The van der Waals surface area contributed by atoms with Gasteiger partial charge in [-0.3, -0.25) is 4.79 Å². The minimum atomic E-state index is -3.55. The summed E-state index contributed by atoms with van der Waals surface area (Å²) in [6.07, 6.45) is 1.05. The van der Waals surface area contributed by atoms with Gasteiger partial charge in [0, 0.05) is 24.7 Å². The molecule has 1 N–H and O–H groups in total. The second-order valence-electron chi connectivity index (χ2n) is 10.0. The van der Waals surface area contributed by atoms with Gasteiger partial charge in [-0.15, -0.1) is 0 Å². The Morgan fingerprint density at radius 1 is 0.848 bits per heavy atom. The molecular weight excluding hydrogens is 432 g/mol. The number of hydrogen-bond acceptors (Lipinski definition) is 3. The quantitative estimate of drug-likeness (QED) is 0.532. The van der Waals surface area contributed by atoms with Crippen LogP contribution in [-0.2, 0) is 14.8 Å². The van der Waals surface area contributed by atoms with Crippen LogP contribution in [0.15, 0.2) is 47.4 Å². The predicted molar refractivity (Wildman–Crippen MR) is 135 cm³/mol. The van der Waals surface area contributed by atoms with E-state index in [4.69, 9.17) is 0 Å². The Kier molecular flexibility index (Phi) is 8.01. The van der Waals surface area contributed by atoms with Gasteiger partial charge in [-0.2, -0.15) is 4.31 Å². The third-order valence-electron chi connectivity index (χ3n) is 6.63. The summed E-state index contributed by atoms with van der Waals surface area (Å²) in [5.41, 5.74) is 4.32. The summed E-state index contributed by atoms with van der Waals surface area (Å²) < 4.78 is 27.7. The van der Waals surface area contributed by atoms with E-state index in [0.29, 0.717) is 48.6 Å². The molecule has 0 aromatic heterocycles. The first-order chi connectivity index (χ1) is 15.5. The largest absolute Gasteiger partial charge is 0.325 e. The zero-order valence-corrected chi connectivity index (χ0v) is 21.6. The minimum absolute atomic E-state index is 0.0108. The Labute approximate surface area is 199 Å². The van der Waals surface area contributed by atoms with Crippen molar-refractivity contribution in [1.29, 1.82) is 0 Å². The van der Waals surface area contributed by atoms with Crippen molar-refractivity contribution in [2.75, 3.05) is 18.4 Å². The summed E-state index contributed by atoms with van der Waals surface area (Å²) in [6, 6.07) is 13.4. The molecule has 0 spiro atoms. The summed E-state index contributed by atoms with van der Waals surface area (Å²) in [5.74, 6) is 0.748. The van der Waals surface area contributed by atoms with Gasteiger partial charge < -0.3 is 5.32 Å². The Morgan fingerprint density at radius 2 is 1.36 bits per heavy atom. The second kappa shape index (κ2) is 10.4. The summed E-state index contributed by atoms with van der Waals surface area (Å²) >= 11 is 0. The van der Waals surface area contributed by atoms with E-state index in [1.807, 2.05) is 12.1 Å². The molecule has 1 saturated heterocycles. The molecule has 1 fully saturated rings. The van der Waals surface area contributed by atoms with Gasteiger partial charge in [-0.25, -0.2) is 8.42 Å². The van der Waals surface area contributed by atoms with Crippen molar-refractivity contribution in [2.24, 2.45) is 5.92 Å². The average molecular weight is 471 g/mol. The fourth-order valence-electron chi connectivity index (χ4n) is 4.45. The van der Waals surface area contributed by atoms with Gasteiger partial charge in [-0.1, -0.05) is 71.9 Å². The number of carbonyl (C=O) groups is 1. The lowest BCUT2D eigenvalue weighted by atomic mass is 9.91. The van der Waals surface area contributed by atoms with E-state index in [1.165, 1.54) is 4.31 Å². The summed E-state index contributed by atoms with van der Waals surface area (Å²) in [5, 5.41) is 3.21. The highest BCUT2D eigenvalue weighted by atomic mass is 32.2. The number of hydrogen-bond donors (Lipinski definition) is 1. The maximum Gasteiger partial charge on any atom is 0.243 e. The number of nitrogens with one attached hydrogen (secondary N) is 1. The molecule has 1 heterocycles. The molecule has 2 aromatic rings. The van der Waals surface area contributed by atoms with Crippen LogP contribution in [0.3, 0.4) is 0 Å². The van der Waals surface area contributed by atoms with Crippen LogP contribution >= 0.6 is 0 Å². The minimum Gasteiger partial charge on any atom is -0.325 e. The first-order valence-corrected chi connectivity index (χ1v) is 13.5. The summed E-state index contributed by atoms with van der Waals surface area (Å²) in [6.45, 7) is 13.4. The van der Waals surface area contributed by atoms with Crippen LogP contribution < -0.4 is 5.32 Å². The number of anilines is 1. The average Bonchev–Trinajstić information content (AvgIpc) is 2.79. The maximum atomic E-state index is 13.2. The fraction of sp³-hybridized carbons (Fsp3) is 0.519. The molecule has 33 heavy (non-hydrogen) atoms. The molecule has 0 aliphatic carbocycles. The number of sulfonamides is 1. The van der Waals surface area contributed by atoms with E-state index in [0.717, 1.165) is 22.4 Å². The van der Waals surface area contributed by atoms with E-state index >= 15 is 0 Å². The number of nitrogens with zero attached hydrogens (tertiary/aromatic N) is 1. The van der Waals surface area contributed by atoms with Crippen molar-refractivity contribution < 1.29 is 13.2 Å². The zero-order valence-electron chi connectivity index (χ0n) is 20.8. The molecule has 0 unspecified atom stereocenters. The van der Waals surface area contributed by atoms with Gasteiger partial charge in [-0.05, 0) is 59.4 Å². The third-order valence-corrected chi connectivity index (χ3v) is 8.54. The molecule has 0 atom stereocenters. The SMILES string of the molecule is CC(C)c1ccc(S(=O)(=O)N2CCC(C(=O)Nc3c(C(C)C)cccc3C(C)C)CC2)cc1. The number of rotatable bonds is 7. The highest BCUT2D eigenvalue weighted by Gasteiger charge is 2.32. The van der Waals surface area contributed by atoms with Crippen molar-refractivity contribution in [1.82, 2.24) is 4.31 Å². The van der Waals surface area contributed by atoms with Gasteiger partial charge in [0.1, 0.15) is 0 Å². The molecule has 2 aromatic carbocycles. The van der Waals surface area contributed by atoms with Crippen LogP contribution in [-0.4, -0.2) is 31.7 Å². The number of benzene rings is 2. The van der Waals surface area contributed by atoms with Crippen molar-refractivity contribution in [3.63, 3.8) is 0 Å². The van der Waals surface area contributed by atoms with Crippen molar-refractivity contribution in [3.8, 4) is 0 Å². The Morgan fingerprint density at radius 3 is 1.82 bits per heavy atom. The molecule has 6 heteroatoms. The molecule has 1 amide bonds. The standard InChI is InChI=1S/C27H38N2O3S/c1-18(2)21-10-12-23(13-11-21)33(31,32)29-16-14-22(15-17-29)27(30)28-26-24(19(3)4)8-7-9-25(26)20(5)6/h7-13,18-20,22H,14-17H2,1-6H3,(H,28,30). The molecule has 5 nitrogen and oxygen atoms in total. The van der Waals surface area contributed by atoms with E-state index in [2.05, 4.69) is 65.1 Å². The lowest BCUT2D eigenvalue weighted by Crippen LogP contribution is -2.41. The number of carbonyl (C=O) groups excluding carboxylic acids is 1. The lowest BCUT2D eigenvalue weighted by Gasteiger charge is -2.31. The zero-order chi connectivity index (χ0) is 24.3. The fourth-order valence-corrected chi connectivity index (χ4v) is 5.92. The van der Waals surface area contributed by atoms with Crippen molar-refractivity contribution >= 4 is 21.6 Å². The van der Waals surface area contributed by atoms with Gasteiger partial charge in [0.25, 0.3) is 0 Å². The van der Waals surface area contributed by atoms with Crippen LogP contribution in [0.5, 0.6) is 0 Å². The third kappa shape index (κ3) is 5.67. The van der Waals surface area contributed by atoms with Gasteiger partial charge in [0.15, 0.2) is 0 Å². The smallest absolute Gasteiger partial charge is 0.243 e. The molecule has 3 rings (SSSR count). The van der Waals surface area contributed by atoms with Crippen molar-refractivity contribution in [2.45, 2.75) is 77.0 Å². The predicted octanol–water partition coefficient (Wildman–Crippen LogP) is 6.10. The van der Waals surface area contributed by atoms with Crippen LogP contribution in [0, 0.1) is 5.92 Å². The second-order valence-corrected chi connectivity index (χ2v) is 12.0. The number of para-hydroxylation sites is 1. The van der Waals surface area contributed by atoms with Crippen LogP contribution in [0.2, 0.25) is 0 Å². The summed E-state index contributed by atoms with van der Waals surface area (Å²) in [4.78, 5) is 13.5. The molecule has 0 bridgehead atoms. The molecular formula is C27H38N2O3S. The normalized spacial score (nSPS) is 16.0. The van der Waals surface area contributed by atoms with Crippen LogP contribution in [0.1, 0.15) is 88.8 Å². The Balaban J connectivity index is 1.70. The Bertz CT molecular complexity index is 1040. The number of amides is 1. The molecule has 0 radical (unpaired) electrons. The highest BCUT2D eigenvalue weighted by Crippen LogP contribution is 2.33. The van der Waals surface area contributed by atoms with E-state index in [1.54, 1.807) is 12.1 Å². The van der Waals surface area contributed by atoms with E-state index in [9.17, 15) is 13.2 Å². The van der Waals surface area contributed by atoms with Crippen molar-refractivity contribution in [3.05, 3.63) is 59.2 Å². The van der Waals surface area contributed by atoms with E-state index < -0.39 is 10.0 Å². The van der Waals surface area contributed by atoms with Crippen LogP contribution in [0.25, 0.3) is 0 Å². The highest BCUT2D eigenvalue weighted by molar-refractivity contribution is 7.89.